The minimum atomic E-state index is 0.174. The van der Waals surface area contributed by atoms with Crippen LogP contribution in [0.5, 0.6) is 0 Å². The Morgan fingerprint density at radius 2 is 2.21 bits per heavy atom. The molecule has 3 nitrogen and oxygen atoms in total. The maximum absolute atomic E-state index is 4.58. The van der Waals surface area contributed by atoms with E-state index < -0.39 is 0 Å². The number of aromatic amines is 1. The lowest BCUT2D eigenvalue weighted by Gasteiger charge is -1.94. The molecule has 0 aliphatic carbocycles. The lowest BCUT2D eigenvalue weighted by Crippen LogP contribution is -2.04. The van der Waals surface area contributed by atoms with Crippen molar-refractivity contribution < 1.29 is 0 Å². The number of aromatic nitrogens is 2. The number of nitrogens with one attached hydrogen (secondary N) is 2. The van der Waals surface area contributed by atoms with Crippen LogP contribution in [0.1, 0.15) is 0 Å². The number of rotatable bonds is 1. The molecule has 0 saturated heterocycles. The maximum atomic E-state index is 4.58. The normalized spacial score (nSPS) is 21.3. The zero-order chi connectivity index (χ0) is 9.38. The van der Waals surface area contributed by atoms with Crippen LogP contribution in [0.25, 0.3) is 11.0 Å². The summed E-state index contributed by atoms with van der Waals surface area (Å²) in [6.07, 6.45) is 0. The van der Waals surface area contributed by atoms with E-state index in [1.807, 2.05) is 18.2 Å². The second-order valence-electron chi connectivity index (χ2n) is 3.26. The molecule has 1 aromatic carbocycles. The predicted octanol–water partition coefficient (Wildman–Crippen LogP) is 1.55. The zero-order valence-corrected chi connectivity index (χ0v) is 8.47. The summed E-state index contributed by atoms with van der Waals surface area (Å²) in [5, 5.41) is 4.35. The van der Waals surface area contributed by atoms with E-state index in [1.165, 1.54) is 5.75 Å². The van der Waals surface area contributed by atoms with E-state index in [2.05, 4.69) is 26.8 Å². The first-order chi connectivity index (χ1) is 6.93. The average Bonchev–Trinajstić information content (AvgIpc) is 2.86. The third-order valence-corrected chi connectivity index (χ3v) is 4.09. The molecule has 2 heterocycles. The molecule has 0 radical (unpaired) electrons. The first kappa shape index (κ1) is 8.20. The minimum Gasteiger partial charge on any atom is -0.333 e. The molecular weight excluding hydrogens is 194 g/mol. The van der Waals surface area contributed by atoms with Gasteiger partial charge in [0.15, 0.2) is 5.16 Å². The van der Waals surface area contributed by atoms with Gasteiger partial charge < -0.3 is 4.98 Å². The molecule has 4 heteroatoms. The van der Waals surface area contributed by atoms with Gasteiger partial charge in [-0.25, -0.2) is 4.98 Å². The summed E-state index contributed by atoms with van der Waals surface area (Å²) in [6, 6.07) is 8.16. The van der Waals surface area contributed by atoms with Gasteiger partial charge in [0, 0.05) is 17.8 Å². The summed E-state index contributed by atoms with van der Waals surface area (Å²) in [6.45, 7) is 1.07. The topological polar surface area (TPSA) is 40.7 Å². The third-order valence-electron chi connectivity index (χ3n) is 2.31. The Labute approximate surface area is 84.5 Å². The van der Waals surface area contributed by atoms with E-state index in [-0.39, 0.29) is 10.5 Å². The van der Waals surface area contributed by atoms with Crippen LogP contribution in [-0.2, 0) is 0 Å². The number of hydrogen-bond donors (Lipinski definition) is 2. The summed E-state index contributed by atoms with van der Waals surface area (Å²) in [5.41, 5.74) is 4.35. The van der Waals surface area contributed by atoms with E-state index in [0.717, 1.165) is 22.7 Å². The van der Waals surface area contributed by atoms with Crippen LogP contribution in [0.3, 0.4) is 0 Å². The van der Waals surface area contributed by atoms with Gasteiger partial charge in [-0.1, -0.05) is 12.1 Å². The van der Waals surface area contributed by atoms with E-state index >= 15 is 0 Å². The SMILES string of the molecule is C1=S(c2nc3ccccc3[nH]2)CCN1. The number of hydrogen-bond acceptors (Lipinski definition) is 2. The summed E-state index contributed by atoms with van der Waals surface area (Å²) in [4.78, 5) is 7.95. The van der Waals surface area contributed by atoms with E-state index in [4.69, 9.17) is 0 Å². The molecule has 1 atom stereocenters. The fraction of sp³-hybridized carbons (Fsp3) is 0.200. The van der Waals surface area contributed by atoms with Gasteiger partial charge in [0.2, 0.25) is 0 Å². The number of para-hydroxylation sites is 2. The Bertz CT molecular complexity index is 468. The van der Waals surface area contributed by atoms with Crippen molar-refractivity contribution in [3.63, 3.8) is 0 Å². The van der Waals surface area contributed by atoms with Crippen LogP contribution in [-0.4, -0.2) is 27.8 Å². The number of nitrogens with zero attached hydrogens (tertiary/aromatic N) is 1. The van der Waals surface area contributed by atoms with Crippen LogP contribution < -0.4 is 5.32 Å². The molecule has 2 N–H and O–H groups in total. The van der Waals surface area contributed by atoms with Crippen molar-refractivity contribution in [1.29, 1.82) is 0 Å². The smallest absolute Gasteiger partial charge is 0.161 e. The molecule has 1 aliphatic heterocycles. The largest absolute Gasteiger partial charge is 0.333 e. The molecule has 0 bridgehead atoms. The molecule has 72 valence electrons. The summed E-state index contributed by atoms with van der Waals surface area (Å²) < 4.78 is 0. The van der Waals surface area contributed by atoms with E-state index in [1.54, 1.807) is 0 Å². The molecule has 3 rings (SSSR count). The van der Waals surface area contributed by atoms with Gasteiger partial charge >= 0.3 is 0 Å². The lowest BCUT2D eigenvalue weighted by atomic mass is 10.3. The second kappa shape index (κ2) is 3.22. The van der Waals surface area contributed by atoms with Gasteiger partial charge in [-0.05, 0) is 12.1 Å². The summed E-state index contributed by atoms with van der Waals surface area (Å²) in [5.74, 6) is 1.17. The van der Waals surface area contributed by atoms with Gasteiger partial charge in [0.05, 0.1) is 11.0 Å². The molecule has 0 amide bonds. The summed E-state index contributed by atoms with van der Waals surface area (Å²) >= 11 is 0. The average molecular weight is 205 g/mol. The van der Waals surface area contributed by atoms with Crippen LogP contribution >= 0.6 is 10.5 Å². The Hall–Kier alpha value is -1.13. The fourth-order valence-corrected chi connectivity index (χ4v) is 3.13. The first-order valence-electron chi connectivity index (χ1n) is 4.65. The zero-order valence-electron chi connectivity index (χ0n) is 7.66. The lowest BCUT2D eigenvalue weighted by molar-refractivity contribution is 1.02. The quantitative estimate of drug-likeness (QED) is 0.694. The monoisotopic (exact) mass is 205 g/mol. The van der Waals surface area contributed by atoms with Crippen molar-refractivity contribution in [1.82, 2.24) is 15.3 Å². The molecule has 14 heavy (non-hydrogen) atoms. The molecule has 2 aromatic rings. The van der Waals surface area contributed by atoms with Crippen molar-refractivity contribution in [2.45, 2.75) is 5.16 Å². The Kier molecular flexibility index (Phi) is 1.89. The van der Waals surface area contributed by atoms with Crippen LogP contribution in [0, 0.1) is 0 Å². The van der Waals surface area contributed by atoms with Crippen molar-refractivity contribution in [3.8, 4) is 0 Å². The molecular formula is C10H11N3S. The molecule has 0 fully saturated rings. The molecule has 0 saturated carbocycles. The van der Waals surface area contributed by atoms with Gasteiger partial charge in [-0.15, -0.1) is 10.5 Å². The predicted molar refractivity (Wildman–Crippen MR) is 60.9 cm³/mol. The third kappa shape index (κ3) is 1.27. The number of benzene rings is 1. The highest BCUT2D eigenvalue weighted by Crippen LogP contribution is 2.26. The Morgan fingerprint density at radius 1 is 1.29 bits per heavy atom. The van der Waals surface area contributed by atoms with Crippen LogP contribution in [0.15, 0.2) is 29.4 Å². The van der Waals surface area contributed by atoms with Crippen LogP contribution in [0.2, 0.25) is 0 Å². The highest BCUT2D eigenvalue weighted by atomic mass is 32.2. The van der Waals surface area contributed by atoms with Gasteiger partial charge in [0.25, 0.3) is 0 Å². The molecule has 0 spiro atoms. The Balaban J connectivity index is 2.14. The molecule has 1 aromatic heterocycles. The second-order valence-corrected chi connectivity index (χ2v) is 5.15. The maximum Gasteiger partial charge on any atom is 0.161 e. The minimum absolute atomic E-state index is 0.174. The number of H-pyrrole nitrogens is 1. The highest BCUT2D eigenvalue weighted by Gasteiger charge is 2.09. The van der Waals surface area contributed by atoms with Crippen LogP contribution in [0.4, 0.5) is 0 Å². The van der Waals surface area contributed by atoms with Crippen molar-refractivity contribution in [2.75, 3.05) is 12.3 Å². The van der Waals surface area contributed by atoms with Crippen molar-refractivity contribution in [2.24, 2.45) is 0 Å². The number of fused-ring (bicyclic) bond motifs is 1. The Morgan fingerprint density at radius 3 is 3.00 bits per heavy atom. The van der Waals surface area contributed by atoms with Gasteiger partial charge in [-0.3, -0.25) is 5.32 Å². The molecule has 1 unspecified atom stereocenters. The molecule has 1 aliphatic rings. The fourth-order valence-electron chi connectivity index (χ4n) is 1.59. The van der Waals surface area contributed by atoms with Crippen molar-refractivity contribution >= 4 is 27.0 Å². The van der Waals surface area contributed by atoms with E-state index in [0.29, 0.717) is 0 Å². The standard InChI is InChI=1S/C10H11N3S/c1-2-4-9-8(3-1)12-10(13-9)14-6-5-11-7-14/h1-4,7,11H,5-6H2,(H,12,13). The first-order valence-corrected chi connectivity index (χ1v) is 6.10. The van der Waals surface area contributed by atoms with Crippen molar-refractivity contribution in [3.05, 3.63) is 24.3 Å². The highest BCUT2D eigenvalue weighted by molar-refractivity contribution is 8.15. The number of imidazole rings is 1. The summed E-state index contributed by atoms with van der Waals surface area (Å²) in [7, 11) is 0.174. The van der Waals surface area contributed by atoms with Gasteiger partial charge in [0.1, 0.15) is 0 Å². The van der Waals surface area contributed by atoms with Gasteiger partial charge in [-0.2, -0.15) is 0 Å². The van der Waals surface area contributed by atoms with E-state index in [9.17, 15) is 0 Å².